The summed E-state index contributed by atoms with van der Waals surface area (Å²) < 4.78 is 7.48. The van der Waals surface area contributed by atoms with E-state index in [4.69, 9.17) is 4.74 Å². The fraction of sp³-hybridized carbons (Fsp3) is 0.529. The van der Waals surface area contributed by atoms with Crippen LogP contribution in [0.25, 0.3) is 5.65 Å². The monoisotopic (exact) mass is 316 g/mol. The molecule has 1 saturated heterocycles. The number of piperazine rings is 1. The average Bonchev–Trinajstić information content (AvgIpc) is 2.91. The van der Waals surface area contributed by atoms with Gasteiger partial charge in [0.2, 0.25) is 0 Å². The number of ether oxygens (including phenoxy) is 1. The molecule has 3 rings (SSSR count). The molecule has 2 aromatic rings. The summed E-state index contributed by atoms with van der Waals surface area (Å²) in [4.78, 5) is 21.8. The summed E-state index contributed by atoms with van der Waals surface area (Å²) in [6.07, 6.45) is 1.88. The zero-order valence-electron chi connectivity index (χ0n) is 14.1. The van der Waals surface area contributed by atoms with Gasteiger partial charge in [-0.2, -0.15) is 0 Å². The van der Waals surface area contributed by atoms with Crippen molar-refractivity contribution in [3.05, 3.63) is 29.7 Å². The smallest absolute Gasteiger partial charge is 0.272 e. The van der Waals surface area contributed by atoms with E-state index in [1.54, 1.807) is 0 Å². The van der Waals surface area contributed by atoms with Gasteiger partial charge in [-0.25, -0.2) is 4.98 Å². The first-order chi connectivity index (χ1) is 11.2. The van der Waals surface area contributed by atoms with Gasteiger partial charge in [0, 0.05) is 32.4 Å². The number of amides is 1. The minimum Gasteiger partial charge on any atom is -0.490 e. The fourth-order valence-electron chi connectivity index (χ4n) is 3.10. The average molecular weight is 316 g/mol. The Hall–Kier alpha value is -2.08. The van der Waals surface area contributed by atoms with Crippen LogP contribution < -0.4 is 4.74 Å². The molecule has 0 radical (unpaired) electrons. The lowest BCUT2D eigenvalue weighted by Gasteiger charge is -2.34. The zero-order chi connectivity index (χ0) is 16.4. The van der Waals surface area contributed by atoms with Crippen molar-refractivity contribution in [3.8, 4) is 5.75 Å². The van der Waals surface area contributed by atoms with Gasteiger partial charge in [-0.3, -0.25) is 9.20 Å². The highest BCUT2D eigenvalue weighted by molar-refractivity contribution is 5.95. The van der Waals surface area contributed by atoms with Crippen LogP contribution in [0, 0.1) is 6.92 Å². The number of carbonyl (C=O) groups is 1. The molecule has 1 aliphatic heterocycles. The van der Waals surface area contributed by atoms with Crippen LogP contribution in [0.5, 0.6) is 5.75 Å². The molecule has 6 nitrogen and oxygen atoms in total. The van der Waals surface area contributed by atoms with E-state index in [0.29, 0.717) is 23.7 Å². The van der Waals surface area contributed by atoms with Gasteiger partial charge in [0.15, 0.2) is 11.4 Å². The van der Waals surface area contributed by atoms with E-state index in [2.05, 4.69) is 16.8 Å². The Balaban J connectivity index is 1.92. The minimum absolute atomic E-state index is 0.0550. The van der Waals surface area contributed by atoms with Crippen LogP contribution in [0.3, 0.4) is 0 Å². The van der Waals surface area contributed by atoms with E-state index in [0.717, 1.165) is 38.4 Å². The number of carbonyl (C=O) groups excluding carboxylic acids is 1. The Morgan fingerprint density at radius 2 is 2.00 bits per heavy atom. The van der Waals surface area contributed by atoms with Crippen molar-refractivity contribution in [2.45, 2.75) is 20.8 Å². The third-order valence-electron chi connectivity index (χ3n) is 4.40. The van der Waals surface area contributed by atoms with Crippen molar-refractivity contribution in [1.29, 1.82) is 0 Å². The summed E-state index contributed by atoms with van der Waals surface area (Å²) in [5, 5.41) is 0. The Morgan fingerprint density at radius 1 is 1.26 bits per heavy atom. The molecule has 1 aliphatic rings. The van der Waals surface area contributed by atoms with E-state index >= 15 is 0 Å². The maximum Gasteiger partial charge on any atom is 0.272 e. The molecule has 6 heteroatoms. The third-order valence-corrected chi connectivity index (χ3v) is 4.40. The molecule has 2 aromatic heterocycles. The number of rotatable bonds is 4. The number of aryl methyl sites for hydroxylation is 1. The van der Waals surface area contributed by atoms with E-state index in [1.807, 2.05) is 41.5 Å². The molecule has 0 N–H and O–H groups in total. The summed E-state index contributed by atoms with van der Waals surface area (Å²) >= 11 is 0. The quantitative estimate of drug-likeness (QED) is 0.863. The standard InChI is InChI=1S/C17H24N4O2/c1-4-19-9-11-20(12-10-19)17(22)15-13(3)18-16-14(23-5-2)7-6-8-21(15)16/h6-8H,4-5,9-12H2,1-3H3. The van der Waals surface area contributed by atoms with Gasteiger partial charge >= 0.3 is 0 Å². The van der Waals surface area contributed by atoms with E-state index in [1.165, 1.54) is 0 Å². The van der Waals surface area contributed by atoms with Crippen molar-refractivity contribution in [3.63, 3.8) is 0 Å². The van der Waals surface area contributed by atoms with E-state index < -0.39 is 0 Å². The van der Waals surface area contributed by atoms with Crippen LogP contribution in [-0.2, 0) is 0 Å². The van der Waals surface area contributed by atoms with Gasteiger partial charge in [-0.15, -0.1) is 0 Å². The number of hydrogen-bond acceptors (Lipinski definition) is 4. The third kappa shape index (κ3) is 2.91. The summed E-state index contributed by atoms with van der Waals surface area (Å²) in [6, 6.07) is 3.78. The highest BCUT2D eigenvalue weighted by atomic mass is 16.5. The Bertz CT molecular complexity index is 702. The lowest BCUT2D eigenvalue weighted by molar-refractivity contribution is 0.0635. The lowest BCUT2D eigenvalue weighted by Crippen LogP contribution is -2.48. The second kappa shape index (κ2) is 6.58. The summed E-state index contributed by atoms with van der Waals surface area (Å²) in [7, 11) is 0. The molecule has 0 aliphatic carbocycles. The molecule has 0 aromatic carbocycles. The highest BCUT2D eigenvalue weighted by Gasteiger charge is 2.26. The number of aromatic nitrogens is 2. The Morgan fingerprint density at radius 3 is 2.65 bits per heavy atom. The maximum atomic E-state index is 13.0. The first-order valence-electron chi connectivity index (χ1n) is 8.27. The molecule has 0 atom stereocenters. The van der Waals surface area contributed by atoms with Crippen LogP contribution in [0.15, 0.2) is 18.3 Å². The van der Waals surface area contributed by atoms with Crippen molar-refractivity contribution in [2.24, 2.45) is 0 Å². The van der Waals surface area contributed by atoms with Gasteiger partial charge in [0.05, 0.1) is 12.3 Å². The van der Waals surface area contributed by atoms with Crippen LogP contribution in [-0.4, -0.2) is 64.4 Å². The van der Waals surface area contributed by atoms with E-state index in [-0.39, 0.29) is 5.91 Å². The maximum absolute atomic E-state index is 13.0. The predicted octanol–water partition coefficient (Wildman–Crippen LogP) is 1.82. The molecular weight excluding hydrogens is 292 g/mol. The predicted molar refractivity (Wildman–Crippen MR) is 89.1 cm³/mol. The molecule has 0 bridgehead atoms. The molecule has 3 heterocycles. The summed E-state index contributed by atoms with van der Waals surface area (Å²) in [6.45, 7) is 11.0. The SMILES string of the molecule is CCOc1cccn2c(C(=O)N3CCN(CC)CC3)c(C)nc12. The Kier molecular flexibility index (Phi) is 4.52. The number of hydrogen-bond donors (Lipinski definition) is 0. The van der Waals surface area contributed by atoms with Gasteiger partial charge in [-0.05, 0) is 32.5 Å². The van der Waals surface area contributed by atoms with E-state index in [9.17, 15) is 4.79 Å². The topological polar surface area (TPSA) is 50.1 Å². The molecule has 0 unspecified atom stereocenters. The molecule has 0 spiro atoms. The summed E-state index contributed by atoms with van der Waals surface area (Å²) in [5.74, 6) is 0.771. The van der Waals surface area contributed by atoms with Crippen LogP contribution >= 0.6 is 0 Å². The van der Waals surface area contributed by atoms with Gasteiger partial charge in [0.1, 0.15) is 5.69 Å². The normalized spacial score (nSPS) is 16.0. The second-order valence-corrected chi connectivity index (χ2v) is 5.77. The fourth-order valence-corrected chi connectivity index (χ4v) is 3.10. The van der Waals surface area contributed by atoms with Crippen molar-refractivity contribution in [1.82, 2.24) is 19.2 Å². The Labute approximate surface area is 136 Å². The lowest BCUT2D eigenvalue weighted by atomic mass is 10.2. The number of fused-ring (bicyclic) bond motifs is 1. The molecule has 23 heavy (non-hydrogen) atoms. The number of nitrogens with zero attached hydrogens (tertiary/aromatic N) is 4. The van der Waals surface area contributed by atoms with Crippen LogP contribution in [0.2, 0.25) is 0 Å². The minimum atomic E-state index is 0.0550. The highest BCUT2D eigenvalue weighted by Crippen LogP contribution is 2.23. The van der Waals surface area contributed by atoms with Gasteiger partial charge in [0.25, 0.3) is 5.91 Å². The van der Waals surface area contributed by atoms with Gasteiger partial charge < -0.3 is 14.5 Å². The van der Waals surface area contributed by atoms with Crippen molar-refractivity contribution in [2.75, 3.05) is 39.3 Å². The van der Waals surface area contributed by atoms with Gasteiger partial charge in [-0.1, -0.05) is 6.92 Å². The first-order valence-corrected chi connectivity index (χ1v) is 8.27. The molecule has 0 saturated carbocycles. The molecular formula is C17H24N4O2. The van der Waals surface area contributed by atoms with Crippen LogP contribution in [0.4, 0.5) is 0 Å². The molecule has 1 amide bonds. The number of likely N-dealkylation sites (N-methyl/N-ethyl adjacent to an activating group) is 1. The summed E-state index contributed by atoms with van der Waals surface area (Å²) in [5.41, 5.74) is 2.11. The van der Waals surface area contributed by atoms with Crippen LogP contribution in [0.1, 0.15) is 30.0 Å². The second-order valence-electron chi connectivity index (χ2n) is 5.77. The molecule has 1 fully saturated rings. The largest absolute Gasteiger partial charge is 0.490 e. The number of pyridine rings is 1. The molecule has 124 valence electrons. The van der Waals surface area contributed by atoms with Crippen molar-refractivity contribution >= 4 is 11.6 Å². The zero-order valence-corrected chi connectivity index (χ0v) is 14.1. The number of imidazole rings is 1. The first kappa shape index (κ1) is 15.8. The van der Waals surface area contributed by atoms with Crippen molar-refractivity contribution < 1.29 is 9.53 Å².